The van der Waals surface area contributed by atoms with Gasteiger partial charge in [-0.15, -0.1) is 11.3 Å². The highest BCUT2D eigenvalue weighted by atomic mass is 32.1. The van der Waals surface area contributed by atoms with Gasteiger partial charge in [-0.3, -0.25) is 9.59 Å². The fourth-order valence-corrected chi connectivity index (χ4v) is 4.12. The summed E-state index contributed by atoms with van der Waals surface area (Å²) in [6.45, 7) is 1.66. The molecule has 1 N–H and O–H groups in total. The van der Waals surface area contributed by atoms with Crippen LogP contribution < -0.4 is 10.1 Å². The molecule has 0 bridgehead atoms. The SMILES string of the molecule is COc1ccc(C(Cc2cccs2)C(=O)NCC(=O)N2CCCCC2)cc1. The summed E-state index contributed by atoms with van der Waals surface area (Å²) in [4.78, 5) is 28.3. The van der Waals surface area contributed by atoms with Gasteiger partial charge in [-0.1, -0.05) is 18.2 Å². The Bertz CT molecular complexity index is 737. The Kier molecular flexibility index (Phi) is 6.87. The van der Waals surface area contributed by atoms with Crippen LogP contribution in [0, 0.1) is 0 Å². The van der Waals surface area contributed by atoms with E-state index >= 15 is 0 Å². The zero-order chi connectivity index (χ0) is 19.1. The predicted molar refractivity (Wildman–Crippen MR) is 107 cm³/mol. The summed E-state index contributed by atoms with van der Waals surface area (Å²) in [5.74, 6) is 0.324. The number of carbonyl (C=O) groups excluding carboxylic acids is 2. The second-order valence-electron chi connectivity index (χ2n) is 6.77. The Morgan fingerprint density at radius 3 is 2.52 bits per heavy atom. The van der Waals surface area contributed by atoms with E-state index in [0.29, 0.717) is 6.42 Å². The van der Waals surface area contributed by atoms with E-state index in [1.165, 1.54) is 6.42 Å². The number of nitrogens with one attached hydrogen (secondary N) is 1. The first kappa shape index (κ1) is 19.4. The van der Waals surface area contributed by atoms with Crippen molar-refractivity contribution in [2.75, 3.05) is 26.7 Å². The lowest BCUT2D eigenvalue weighted by Crippen LogP contribution is -2.43. The third-order valence-electron chi connectivity index (χ3n) is 4.94. The van der Waals surface area contributed by atoms with E-state index in [0.717, 1.165) is 42.1 Å². The van der Waals surface area contributed by atoms with Gasteiger partial charge < -0.3 is 15.0 Å². The highest BCUT2D eigenvalue weighted by Crippen LogP contribution is 2.25. The molecule has 1 saturated heterocycles. The quantitative estimate of drug-likeness (QED) is 0.795. The monoisotopic (exact) mass is 386 g/mol. The van der Waals surface area contributed by atoms with Crippen LogP contribution in [-0.4, -0.2) is 43.5 Å². The van der Waals surface area contributed by atoms with Crippen molar-refractivity contribution in [1.82, 2.24) is 10.2 Å². The highest BCUT2D eigenvalue weighted by molar-refractivity contribution is 7.09. The maximum Gasteiger partial charge on any atom is 0.241 e. The van der Waals surface area contributed by atoms with Gasteiger partial charge in [0.1, 0.15) is 5.75 Å². The molecular formula is C21H26N2O3S. The van der Waals surface area contributed by atoms with Gasteiger partial charge in [0.2, 0.25) is 11.8 Å². The number of carbonyl (C=O) groups is 2. The predicted octanol–water partition coefficient (Wildman–Crippen LogP) is 3.21. The van der Waals surface area contributed by atoms with Gasteiger partial charge in [0, 0.05) is 18.0 Å². The number of likely N-dealkylation sites (tertiary alicyclic amines) is 1. The van der Waals surface area contributed by atoms with Gasteiger partial charge in [-0.2, -0.15) is 0 Å². The van der Waals surface area contributed by atoms with Crippen LogP contribution in [0.2, 0.25) is 0 Å². The molecule has 1 atom stereocenters. The van der Waals surface area contributed by atoms with Crippen LogP contribution in [0.3, 0.4) is 0 Å². The Balaban J connectivity index is 1.67. The van der Waals surface area contributed by atoms with E-state index in [1.54, 1.807) is 18.4 Å². The van der Waals surface area contributed by atoms with E-state index in [1.807, 2.05) is 46.7 Å². The Morgan fingerprint density at radius 1 is 1.15 bits per heavy atom. The van der Waals surface area contributed by atoms with E-state index in [4.69, 9.17) is 4.74 Å². The standard InChI is InChI=1S/C21H26N2O3S/c1-26-17-9-7-16(8-10-17)19(14-18-6-5-13-27-18)21(25)22-15-20(24)23-11-3-2-4-12-23/h5-10,13,19H,2-4,11-12,14-15H2,1H3,(H,22,25). The zero-order valence-electron chi connectivity index (χ0n) is 15.6. The summed E-state index contributed by atoms with van der Waals surface area (Å²) in [5, 5.41) is 4.87. The molecule has 3 rings (SSSR count). The average molecular weight is 387 g/mol. The van der Waals surface area contributed by atoms with E-state index in [9.17, 15) is 9.59 Å². The molecule has 0 aliphatic carbocycles. The van der Waals surface area contributed by atoms with Crippen LogP contribution in [0.4, 0.5) is 0 Å². The number of nitrogens with zero attached hydrogens (tertiary/aromatic N) is 1. The van der Waals surface area contributed by atoms with Gasteiger partial charge in [0.25, 0.3) is 0 Å². The Hall–Kier alpha value is -2.34. The minimum atomic E-state index is -0.330. The van der Waals surface area contributed by atoms with Gasteiger partial charge in [-0.25, -0.2) is 0 Å². The lowest BCUT2D eigenvalue weighted by Gasteiger charge is -2.27. The molecule has 27 heavy (non-hydrogen) atoms. The van der Waals surface area contributed by atoms with Crippen LogP contribution in [0.5, 0.6) is 5.75 Å². The first-order valence-electron chi connectivity index (χ1n) is 9.39. The summed E-state index contributed by atoms with van der Waals surface area (Å²) < 4.78 is 5.21. The lowest BCUT2D eigenvalue weighted by atomic mass is 9.94. The molecule has 5 nitrogen and oxygen atoms in total. The maximum atomic E-state index is 12.9. The second-order valence-corrected chi connectivity index (χ2v) is 7.80. The maximum absolute atomic E-state index is 12.9. The molecule has 2 amide bonds. The number of rotatable bonds is 7. The number of hydrogen-bond donors (Lipinski definition) is 1. The number of amides is 2. The molecule has 1 fully saturated rings. The molecule has 2 aromatic rings. The first-order valence-corrected chi connectivity index (χ1v) is 10.3. The molecular weight excluding hydrogens is 360 g/mol. The third kappa shape index (κ3) is 5.32. The Labute approximate surface area is 164 Å². The first-order chi connectivity index (χ1) is 13.2. The largest absolute Gasteiger partial charge is 0.497 e. The zero-order valence-corrected chi connectivity index (χ0v) is 16.5. The molecule has 0 spiro atoms. The number of benzene rings is 1. The van der Waals surface area contributed by atoms with Gasteiger partial charge in [0.15, 0.2) is 0 Å². The van der Waals surface area contributed by atoms with Crippen molar-refractivity contribution in [2.24, 2.45) is 0 Å². The fraction of sp³-hybridized carbons (Fsp3) is 0.429. The number of ether oxygens (including phenoxy) is 1. The van der Waals surface area contributed by atoms with Gasteiger partial charge in [0.05, 0.1) is 19.6 Å². The minimum Gasteiger partial charge on any atom is -0.497 e. The third-order valence-corrected chi connectivity index (χ3v) is 5.84. The van der Waals surface area contributed by atoms with Crippen LogP contribution in [0.15, 0.2) is 41.8 Å². The van der Waals surface area contributed by atoms with Crippen molar-refractivity contribution in [2.45, 2.75) is 31.6 Å². The summed E-state index contributed by atoms with van der Waals surface area (Å²) >= 11 is 1.64. The van der Waals surface area contributed by atoms with Crippen LogP contribution in [0.25, 0.3) is 0 Å². The summed E-state index contributed by atoms with van der Waals surface area (Å²) in [5.41, 5.74) is 0.923. The number of piperidine rings is 1. The minimum absolute atomic E-state index is 0.00709. The highest BCUT2D eigenvalue weighted by Gasteiger charge is 2.23. The Morgan fingerprint density at radius 2 is 1.89 bits per heavy atom. The molecule has 6 heteroatoms. The van der Waals surface area contributed by atoms with Crippen LogP contribution in [0.1, 0.15) is 35.6 Å². The van der Waals surface area contributed by atoms with Crippen molar-refractivity contribution in [3.63, 3.8) is 0 Å². The lowest BCUT2D eigenvalue weighted by molar-refractivity contribution is -0.133. The van der Waals surface area contributed by atoms with E-state index < -0.39 is 0 Å². The number of methoxy groups -OCH3 is 1. The molecule has 2 heterocycles. The fourth-order valence-electron chi connectivity index (χ4n) is 3.37. The molecule has 1 aromatic carbocycles. The molecule has 1 unspecified atom stereocenters. The summed E-state index contributed by atoms with van der Waals surface area (Å²) in [6, 6.07) is 11.6. The van der Waals surface area contributed by atoms with E-state index in [2.05, 4.69) is 5.32 Å². The molecule has 0 radical (unpaired) electrons. The summed E-state index contributed by atoms with van der Waals surface area (Å²) in [7, 11) is 1.62. The smallest absolute Gasteiger partial charge is 0.241 e. The average Bonchev–Trinajstić information content (AvgIpc) is 3.24. The molecule has 0 saturated carbocycles. The molecule has 1 aliphatic heterocycles. The second kappa shape index (κ2) is 9.55. The molecule has 1 aromatic heterocycles. The van der Waals surface area contributed by atoms with Gasteiger partial charge in [-0.05, 0) is 54.8 Å². The molecule has 1 aliphatic rings. The normalized spacial score (nSPS) is 15.2. The van der Waals surface area contributed by atoms with Crippen LogP contribution in [-0.2, 0) is 16.0 Å². The van der Waals surface area contributed by atoms with Gasteiger partial charge >= 0.3 is 0 Å². The van der Waals surface area contributed by atoms with Crippen molar-refractivity contribution < 1.29 is 14.3 Å². The van der Waals surface area contributed by atoms with Crippen molar-refractivity contribution in [3.8, 4) is 5.75 Å². The number of hydrogen-bond acceptors (Lipinski definition) is 4. The summed E-state index contributed by atoms with van der Waals surface area (Å²) in [6.07, 6.45) is 3.89. The van der Waals surface area contributed by atoms with Crippen molar-refractivity contribution >= 4 is 23.2 Å². The molecule has 144 valence electrons. The van der Waals surface area contributed by atoms with E-state index in [-0.39, 0.29) is 24.3 Å². The topological polar surface area (TPSA) is 58.6 Å². The van der Waals surface area contributed by atoms with Crippen molar-refractivity contribution in [1.29, 1.82) is 0 Å². The number of thiophene rings is 1. The van der Waals surface area contributed by atoms with Crippen LogP contribution >= 0.6 is 11.3 Å². The van der Waals surface area contributed by atoms with Crippen molar-refractivity contribution in [3.05, 3.63) is 52.2 Å².